The van der Waals surface area contributed by atoms with Crippen LogP contribution in [0.1, 0.15) is 25.8 Å². The van der Waals surface area contributed by atoms with Crippen LogP contribution in [0.3, 0.4) is 0 Å². The van der Waals surface area contributed by atoms with E-state index in [1.807, 2.05) is 11.3 Å². The molecule has 3 heteroatoms. The average molecular weight is 277 g/mol. The van der Waals surface area contributed by atoms with E-state index in [1.165, 1.54) is 15.6 Å². The zero-order chi connectivity index (χ0) is 13.7. The van der Waals surface area contributed by atoms with Crippen molar-refractivity contribution in [3.63, 3.8) is 0 Å². The molecule has 0 aliphatic rings. The van der Waals surface area contributed by atoms with Crippen LogP contribution in [-0.4, -0.2) is 26.8 Å². The lowest BCUT2D eigenvalue weighted by molar-refractivity contribution is 0.198. The Morgan fingerprint density at radius 1 is 1.21 bits per heavy atom. The van der Waals surface area contributed by atoms with Crippen LogP contribution in [0, 0.1) is 0 Å². The van der Waals surface area contributed by atoms with Crippen LogP contribution in [0.15, 0.2) is 29.6 Å². The van der Waals surface area contributed by atoms with E-state index in [0.29, 0.717) is 0 Å². The molecule has 0 bridgehead atoms. The SMILES string of the molecule is COCCNCCC(C)(C)c1csc2ccccc12. The molecule has 1 heterocycles. The van der Waals surface area contributed by atoms with Gasteiger partial charge >= 0.3 is 0 Å². The molecule has 0 fully saturated rings. The lowest BCUT2D eigenvalue weighted by atomic mass is 9.81. The summed E-state index contributed by atoms with van der Waals surface area (Å²) in [7, 11) is 1.74. The van der Waals surface area contributed by atoms with Crippen LogP contribution in [-0.2, 0) is 10.2 Å². The van der Waals surface area contributed by atoms with Gasteiger partial charge in [0.1, 0.15) is 0 Å². The second-order valence-electron chi connectivity index (χ2n) is 5.52. The Kier molecular flexibility index (Phi) is 4.97. The minimum Gasteiger partial charge on any atom is -0.383 e. The van der Waals surface area contributed by atoms with Gasteiger partial charge in [-0.05, 0) is 40.8 Å². The fourth-order valence-corrected chi connectivity index (χ4v) is 3.49. The van der Waals surface area contributed by atoms with Gasteiger partial charge in [0.25, 0.3) is 0 Å². The van der Waals surface area contributed by atoms with Gasteiger partial charge in [-0.2, -0.15) is 0 Å². The number of nitrogens with one attached hydrogen (secondary N) is 1. The van der Waals surface area contributed by atoms with E-state index in [4.69, 9.17) is 4.74 Å². The first-order chi connectivity index (χ1) is 9.15. The number of ether oxygens (including phenoxy) is 1. The van der Waals surface area contributed by atoms with Crippen molar-refractivity contribution >= 4 is 21.4 Å². The minimum atomic E-state index is 0.208. The number of fused-ring (bicyclic) bond motifs is 1. The Balaban J connectivity index is 2.02. The Morgan fingerprint density at radius 2 is 2.00 bits per heavy atom. The first-order valence-corrected chi connectivity index (χ1v) is 7.69. The molecule has 0 atom stereocenters. The molecule has 19 heavy (non-hydrogen) atoms. The second kappa shape index (κ2) is 6.51. The molecular formula is C16H23NOS. The lowest BCUT2D eigenvalue weighted by Crippen LogP contribution is -2.27. The maximum absolute atomic E-state index is 5.04. The van der Waals surface area contributed by atoms with Crippen molar-refractivity contribution in [2.45, 2.75) is 25.7 Å². The quantitative estimate of drug-likeness (QED) is 0.777. The van der Waals surface area contributed by atoms with Crippen LogP contribution >= 0.6 is 11.3 Å². The maximum atomic E-state index is 5.04. The van der Waals surface area contributed by atoms with E-state index in [2.05, 4.69) is 48.8 Å². The largest absolute Gasteiger partial charge is 0.383 e. The molecular weight excluding hydrogens is 254 g/mol. The summed E-state index contributed by atoms with van der Waals surface area (Å²) < 4.78 is 6.43. The molecule has 0 saturated carbocycles. The van der Waals surface area contributed by atoms with E-state index >= 15 is 0 Å². The van der Waals surface area contributed by atoms with Gasteiger partial charge in [-0.15, -0.1) is 11.3 Å². The van der Waals surface area contributed by atoms with Crippen molar-refractivity contribution in [1.82, 2.24) is 5.32 Å². The molecule has 1 aromatic heterocycles. The molecule has 1 N–H and O–H groups in total. The normalized spacial score (nSPS) is 12.2. The van der Waals surface area contributed by atoms with E-state index in [0.717, 1.165) is 26.1 Å². The smallest absolute Gasteiger partial charge is 0.0587 e. The van der Waals surface area contributed by atoms with Gasteiger partial charge in [0.05, 0.1) is 6.61 Å². The Bertz CT molecular complexity index is 518. The number of hydrogen-bond donors (Lipinski definition) is 1. The Morgan fingerprint density at radius 3 is 2.79 bits per heavy atom. The van der Waals surface area contributed by atoms with Crippen molar-refractivity contribution < 1.29 is 4.74 Å². The van der Waals surface area contributed by atoms with Crippen LogP contribution in [0.25, 0.3) is 10.1 Å². The van der Waals surface area contributed by atoms with E-state index in [-0.39, 0.29) is 5.41 Å². The average Bonchev–Trinajstić information content (AvgIpc) is 2.83. The fourth-order valence-electron chi connectivity index (χ4n) is 2.34. The highest BCUT2D eigenvalue weighted by atomic mass is 32.1. The summed E-state index contributed by atoms with van der Waals surface area (Å²) in [6.45, 7) is 7.40. The number of thiophene rings is 1. The summed E-state index contributed by atoms with van der Waals surface area (Å²) in [4.78, 5) is 0. The van der Waals surface area contributed by atoms with Crippen molar-refractivity contribution in [2.75, 3.05) is 26.8 Å². The van der Waals surface area contributed by atoms with Crippen LogP contribution in [0.4, 0.5) is 0 Å². The van der Waals surface area contributed by atoms with Crippen LogP contribution < -0.4 is 5.32 Å². The molecule has 0 saturated heterocycles. The predicted octanol–water partition coefficient (Wildman–Crippen LogP) is 3.81. The second-order valence-corrected chi connectivity index (χ2v) is 6.43. The first kappa shape index (κ1) is 14.5. The molecule has 2 aromatic rings. The minimum absolute atomic E-state index is 0.208. The van der Waals surface area contributed by atoms with E-state index in [9.17, 15) is 0 Å². The highest BCUT2D eigenvalue weighted by molar-refractivity contribution is 7.17. The van der Waals surface area contributed by atoms with Crippen molar-refractivity contribution in [1.29, 1.82) is 0 Å². The summed E-state index contributed by atoms with van der Waals surface area (Å²) in [5.74, 6) is 0. The predicted molar refractivity (Wildman–Crippen MR) is 84.2 cm³/mol. The van der Waals surface area contributed by atoms with Crippen molar-refractivity contribution in [3.8, 4) is 0 Å². The van der Waals surface area contributed by atoms with Crippen LogP contribution in [0.2, 0.25) is 0 Å². The first-order valence-electron chi connectivity index (χ1n) is 6.81. The van der Waals surface area contributed by atoms with E-state index < -0.39 is 0 Å². The van der Waals surface area contributed by atoms with Crippen LogP contribution in [0.5, 0.6) is 0 Å². The van der Waals surface area contributed by atoms with E-state index in [1.54, 1.807) is 7.11 Å². The van der Waals surface area contributed by atoms with Crippen molar-refractivity contribution in [3.05, 3.63) is 35.2 Å². The molecule has 2 nitrogen and oxygen atoms in total. The molecule has 0 unspecified atom stereocenters. The summed E-state index contributed by atoms with van der Waals surface area (Å²) in [6.07, 6.45) is 1.14. The summed E-state index contributed by atoms with van der Waals surface area (Å²) in [6, 6.07) is 8.69. The molecule has 2 rings (SSSR count). The topological polar surface area (TPSA) is 21.3 Å². The van der Waals surface area contributed by atoms with Gasteiger partial charge in [-0.1, -0.05) is 32.0 Å². The molecule has 0 amide bonds. The Labute approximate surface area is 119 Å². The third kappa shape index (κ3) is 3.56. The molecule has 0 spiro atoms. The zero-order valence-corrected chi connectivity index (χ0v) is 12.8. The van der Waals surface area contributed by atoms with Gasteiger partial charge in [-0.25, -0.2) is 0 Å². The molecule has 104 valence electrons. The number of benzene rings is 1. The third-order valence-electron chi connectivity index (χ3n) is 3.62. The van der Waals surface area contributed by atoms with Gasteiger partial charge in [0.2, 0.25) is 0 Å². The third-order valence-corrected chi connectivity index (χ3v) is 4.58. The number of methoxy groups -OCH3 is 1. The lowest BCUT2D eigenvalue weighted by Gasteiger charge is -2.25. The maximum Gasteiger partial charge on any atom is 0.0587 e. The fraction of sp³-hybridized carbons (Fsp3) is 0.500. The van der Waals surface area contributed by atoms with Crippen molar-refractivity contribution in [2.24, 2.45) is 0 Å². The number of rotatable bonds is 7. The zero-order valence-electron chi connectivity index (χ0n) is 12.0. The Hall–Kier alpha value is -0.900. The summed E-state index contributed by atoms with van der Waals surface area (Å²) in [5.41, 5.74) is 1.68. The molecule has 1 aromatic carbocycles. The highest BCUT2D eigenvalue weighted by Crippen LogP contribution is 2.36. The monoisotopic (exact) mass is 277 g/mol. The standard InChI is InChI=1S/C16H23NOS/c1-16(2,8-9-17-10-11-18-3)14-12-19-15-7-5-4-6-13(14)15/h4-7,12,17H,8-11H2,1-3H3. The molecule has 0 radical (unpaired) electrons. The van der Waals surface area contributed by atoms with Gasteiger partial charge in [0.15, 0.2) is 0 Å². The highest BCUT2D eigenvalue weighted by Gasteiger charge is 2.23. The summed E-state index contributed by atoms with van der Waals surface area (Å²) >= 11 is 1.85. The number of hydrogen-bond acceptors (Lipinski definition) is 3. The van der Waals surface area contributed by atoms with Gasteiger partial charge in [0, 0.05) is 18.4 Å². The summed E-state index contributed by atoms with van der Waals surface area (Å²) in [5, 5.41) is 7.16. The molecule has 0 aliphatic heterocycles. The van der Waals surface area contributed by atoms with Gasteiger partial charge < -0.3 is 10.1 Å². The van der Waals surface area contributed by atoms with Gasteiger partial charge in [-0.3, -0.25) is 0 Å². The molecule has 0 aliphatic carbocycles.